The molecule has 0 aliphatic carbocycles. The van der Waals surface area contributed by atoms with Gasteiger partial charge < -0.3 is 10.5 Å². The Morgan fingerprint density at radius 3 is 3.00 bits per heavy atom. The van der Waals surface area contributed by atoms with Gasteiger partial charge >= 0.3 is 0 Å². The molecule has 1 aromatic rings. The van der Waals surface area contributed by atoms with Gasteiger partial charge in [0.05, 0.1) is 7.11 Å². The Morgan fingerprint density at radius 1 is 1.82 bits per heavy atom. The molecule has 0 saturated carbocycles. The molecular formula is C7H12N2OS. The lowest BCUT2D eigenvalue weighted by Crippen LogP contribution is -2.16. The van der Waals surface area contributed by atoms with Crippen molar-refractivity contribution in [2.24, 2.45) is 5.73 Å². The predicted octanol–water partition coefficient (Wildman–Crippen LogP) is 1.04. The van der Waals surface area contributed by atoms with E-state index >= 15 is 0 Å². The van der Waals surface area contributed by atoms with Gasteiger partial charge in [0.15, 0.2) is 0 Å². The van der Waals surface area contributed by atoms with Crippen molar-refractivity contribution >= 4 is 11.5 Å². The van der Waals surface area contributed by atoms with Crippen LogP contribution < -0.4 is 10.5 Å². The number of nitrogens with zero attached hydrogens (tertiary/aromatic N) is 1. The van der Waals surface area contributed by atoms with Crippen LogP contribution in [0.15, 0.2) is 6.07 Å². The Balaban J connectivity index is 2.58. The van der Waals surface area contributed by atoms with Crippen molar-refractivity contribution in [2.45, 2.75) is 19.4 Å². The Morgan fingerprint density at radius 2 is 2.55 bits per heavy atom. The van der Waals surface area contributed by atoms with Gasteiger partial charge in [-0.1, -0.05) is 0 Å². The van der Waals surface area contributed by atoms with E-state index in [1.54, 1.807) is 7.11 Å². The van der Waals surface area contributed by atoms with Gasteiger partial charge in [0, 0.05) is 17.0 Å². The average molecular weight is 172 g/mol. The summed E-state index contributed by atoms with van der Waals surface area (Å²) in [6.07, 6.45) is 0.876. The second-order valence-electron chi connectivity index (χ2n) is 2.52. The second kappa shape index (κ2) is 3.69. The SMILES string of the molecule is COc1cc(CC(C)N)sn1. The van der Waals surface area contributed by atoms with E-state index < -0.39 is 0 Å². The third-order valence-electron chi connectivity index (χ3n) is 1.27. The number of methoxy groups -OCH3 is 1. The zero-order valence-electron chi connectivity index (χ0n) is 6.70. The number of aromatic nitrogens is 1. The minimum Gasteiger partial charge on any atom is -0.480 e. The third-order valence-corrected chi connectivity index (χ3v) is 2.06. The van der Waals surface area contributed by atoms with Crippen molar-refractivity contribution < 1.29 is 4.74 Å². The average Bonchev–Trinajstić information content (AvgIpc) is 2.34. The molecule has 0 radical (unpaired) electrons. The number of hydrogen-bond acceptors (Lipinski definition) is 4. The van der Waals surface area contributed by atoms with Crippen LogP contribution in [0.3, 0.4) is 0 Å². The van der Waals surface area contributed by atoms with Gasteiger partial charge in [0.2, 0.25) is 5.88 Å². The summed E-state index contributed by atoms with van der Waals surface area (Å²) >= 11 is 1.45. The number of hydrogen-bond donors (Lipinski definition) is 1. The van der Waals surface area contributed by atoms with Crippen LogP contribution in [0.2, 0.25) is 0 Å². The molecule has 0 spiro atoms. The van der Waals surface area contributed by atoms with Gasteiger partial charge in [-0.2, -0.15) is 4.37 Å². The van der Waals surface area contributed by atoms with Crippen LogP contribution in [0.5, 0.6) is 5.88 Å². The summed E-state index contributed by atoms with van der Waals surface area (Å²) in [6, 6.07) is 2.12. The maximum absolute atomic E-state index is 5.61. The van der Waals surface area contributed by atoms with E-state index in [2.05, 4.69) is 4.37 Å². The highest BCUT2D eigenvalue weighted by Gasteiger charge is 2.03. The van der Waals surface area contributed by atoms with Crippen LogP contribution in [-0.4, -0.2) is 17.5 Å². The van der Waals surface area contributed by atoms with Crippen LogP contribution in [0.4, 0.5) is 0 Å². The molecule has 0 bridgehead atoms. The molecule has 4 heteroatoms. The minimum absolute atomic E-state index is 0.195. The molecule has 1 rings (SSSR count). The van der Waals surface area contributed by atoms with E-state index in [9.17, 15) is 0 Å². The summed E-state index contributed by atoms with van der Waals surface area (Å²) in [4.78, 5) is 1.18. The normalized spacial score (nSPS) is 13.0. The third kappa shape index (κ3) is 2.48. The van der Waals surface area contributed by atoms with Gasteiger partial charge in [-0.3, -0.25) is 0 Å². The topological polar surface area (TPSA) is 48.1 Å². The molecule has 1 atom stereocenters. The summed E-state index contributed by atoms with van der Waals surface area (Å²) < 4.78 is 8.99. The van der Waals surface area contributed by atoms with Gasteiger partial charge in [-0.05, 0) is 24.9 Å². The van der Waals surface area contributed by atoms with Crippen LogP contribution in [0, 0.1) is 0 Å². The molecule has 1 unspecified atom stereocenters. The van der Waals surface area contributed by atoms with E-state index in [4.69, 9.17) is 10.5 Å². The highest BCUT2D eigenvalue weighted by Crippen LogP contribution is 2.16. The van der Waals surface area contributed by atoms with E-state index in [0.29, 0.717) is 5.88 Å². The first-order valence-electron chi connectivity index (χ1n) is 3.47. The lowest BCUT2D eigenvalue weighted by molar-refractivity contribution is 0.402. The largest absolute Gasteiger partial charge is 0.480 e. The van der Waals surface area contributed by atoms with E-state index in [1.165, 1.54) is 16.4 Å². The van der Waals surface area contributed by atoms with Gasteiger partial charge in [-0.15, -0.1) is 0 Å². The molecule has 11 heavy (non-hydrogen) atoms. The molecule has 3 nitrogen and oxygen atoms in total. The lowest BCUT2D eigenvalue weighted by atomic mass is 10.2. The molecule has 62 valence electrons. The minimum atomic E-state index is 0.195. The zero-order valence-corrected chi connectivity index (χ0v) is 7.52. The summed E-state index contributed by atoms with van der Waals surface area (Å²) in [6.45, 7) is 1.98. The molecular weight excluding hydrogens is 160 g/mol. The Hall–Kier alpha value is -0.610. The molecule has 0 aliphatic heterocycles. The molecule has 0 amide bonds. The fourth-order valence-corrected chi connectivity index (χ4v) is 1.63. The Bertz CT molecular complexity index is 222. The predicted molar refractivity (Wildman–Crippen MR) is 46.0 cm³/mol. The molecule has 0 aromatic carbocycles. The highest BCUT2D eigenvalue weighted by atomic mass is 32.1. The molecule has 1 heterocycles. The number of rotatable bonds is 3. The second-order valence-corrected chi connectivity index (χ2v) is 3.41. The summed E-state index contributed by atoms with van der Waals surface area (Å²) in [5, 5.41) is 0. The number of nitrogens with two attached hydrogens (primary N) is 1. The summed E-state index contributed by atoms with van der Waals surface area (Å²) in [5.41, 5.74) is 5.61. The summed E-state index contributed by atoms with van der Waals surface area (Å²) in [7, 11) is 1.62. The maximum Gasteiger partial charge on any atom is 0.225 e. The van der Waals surface area contributed by atoms with E-state index in [-0.39, 0.29) is 6.04 Å². The maximum atomic E-state index is 5.61. The fourth-order valence-electron chi connectivity index (χ4n) is 0.804. The molecule has 0 saturated heterocycles. The van der Waals surface area contributed by atoms with E-state index in [0.717, 1.165) is 6.42 Å². The molecule has 0 aliphatic rings. The monoisotopic (exact) mass is 172 g/mol. The summed E-state index contributed by atoms with van der Waals surface area (Å²) in [5.74, 6) is 0.686. The zero-order chi connectivity index (χ0) is 8.27. The Kier molecular flexibility index (Phi) is 2.84. The first-order valence-corrected chi connectivity index (χ1v) is 4.25. The van der Waals surface area contributed by atoms with Gasteiger partial charge in [0.1, 0.15) is 0 Å². The van der Waals surface area contributed by atoms with Crippen LogP contribution in [0.1, 0.15) is 11.8 Å². The standard InChI is InChI=1S/C7H12N2OS/c1-5(8)3-6-4-7(10-2)9-11-6/h4-5H,3,8H2,1-2H3. The quantitative estimate of drug-likeness (QED) is 0.741. The molecule has 0 fully saturated rings. The van der Waals surface area contributed by atoms with Crippen molar-refractivity contribution in [3.05, 3.63) is 10.9 Å². The molecule has 2 N–H and O–H groups in total. The van der Waals surface area contributed by atoms with Crippen molar-refractivity contribution in [3.8, 4) is 5.88 Å². The first-order chi connectivity index (χ1) is 5.22. The van der Waals surface area contributed by atoms with Gasteiger partial charge in [0.25, 0.3) is 0 Å². The van der Waals surface area contributed by atoms with E-state index in [1.807, 2.05) is 13.0 Å². The highest BCUT2D eigenvalue weighted by molar-refractivity contribution is 7.05. The number of ether oxygens (including phenoxy) is 1. The first kappa shape index (κ1) is 8.49. The van der Waals surface area contributed by atoms with Crippen LogP contribution in [0.25, 0.3) is 0 Å². The van der Waals surface area contributed by atoms with Crippen molar-refractivity contribution in [1.82, 2.24) is 4.37 Å². The van der Waals surface area contributed by atoms with Crippen LogP contribution >= 0.6 is 11.5 Å². The lowest BCUT2D eigenvalue weighted by Gasteiger charge is -1.98. The van der Waals surface area contributed by atoms with Gasteiger partial charge in [-0.25, -0.2) is 0 Å². The van der Waals surface area contributed by atoms with Crippen molar-refractivity contribution in [3.63, 3.8) is 0 Å². The van der Waals surface area contributed by atoms with Crippen molar-refractivity contribution in [2.75, 3.05) is 7.11 Å². The fraction of sp³-hybridized carbons (Fsp3) is 0.571. The van der Waals surface area contributed by atoms with Crippen LogP contribution in [-0.2, 0) is 6.42 Å². The molecule has 1 aromatic heterocycles. The van der Waals surface area contributed by atoms with Crippen molar-refractivity contribution in [1.29, 1.82) is 0 Å². The Labute approximate surface area is 70.3 Å². The smallest absolute Gasteiger partial charge is 0.225 e.